The first kappa shape index (κ1) is 25.1. The average Bonchev–Trinajstić information content (AvgIpc) is 2.51. The molecule has 0 radical (unpaired) electrons. The molecule has 0 saturated heterocycles. The molecule has 13 nitrogen and oxygen atoms in total. The van der Waals surface area contributed by atoms with Crippen molar-refractivity contribution >= 4 is 47.7 Å². The molecule has 0 atom stereocenters. The Bertz CT molecular complexity index is 1010. The maximum atomic E-state index is 11.2. The SMILES string of the molecule is O=C([O-])c1cc(NCCS(=O)(=O)[O-])cc(N(CCS(=O)(=O)[O-])CCS(=O)(=O)[O-])c1. The number of nitrogens with zero attached hydrogens (tertiary/aromatic N) is 1. The molecule has 0 aliphatic heterocycles. The van der Waals surface area contributed by atoms with Crippen molar-refractivity contribution in [3.05, 3.63) is 23.8 Å². The van der Waals surface area contributed by atoms with E-state index in [9.17, 15) is 48.8 Å². The van der Waals surface area contributed by atoms with Crippen LogP contribution in [0.4, 0.5) is 11.4 Å². The van der Waals surface area contributed by atoms with Crippen LogP contribution >= 0.6 is 0 Å². The van der Waals surface area contributed by atoms with E-state index >= 15 is 0 Å². The summed E-state index contributed by atoms with van der Waals surface area (Å²) in [4.78, 5) is 12.2. The summed E-state index contributed by atoms with van der Waals surface area (Å²) in [7, 11) is -14.0. The van der Waals surface area contributed by atoms with E-state index < -0.39 is 72.2 Å². The average molecular weight is 472 g/mol. The van der Waals surface area contributed by atoms with Gasteiger partial charge in [-0.1, -0.05) is 0 Å². The molecule has 29 heavy (non-hydrogen) atoms. The smallest absolute Gasteiger partial charge is 0.0963 e. The molecular weight excluding hydrogens is 456 g/mol. The van der Waals surface area contributed by atoms with Gasteiger partial charge >= 0.3 is 0 Å². The summed E-state index contributed by atoms with van der Waals surface area (Å²) in [5, 5.41) is 13.7. The zero-order chi connectivity index (χ0) is 22.5. The van der Waals surface area contributed by atoms with E-state index in [4.69, 9.17) is 0 Å². The highest BCUT2D eigenvalue weighted by atomic mass is 32.2. The van der Waals surface area contributed by atoms with Crippen LogP contribution in [0.1, 0.15) is 10.4 Å². The van der Waals surface area contributed by atoms with Crippen molar-refractivity contribution in [2.45, 2.75) is 0 Å². The number of nitrogens with one attached hydrogen (secondary N) is 1. The summed E-state index contributed by atoms with van der Waals surface area (Å²) in [5.41, 5.74) is -0.535. The molecule has 0 heterocycles. The van der Waals surface area contributed by atoms with Crippen LogP contribution in [0.15, 0.2) is 18.2 Å². The second kappa shape index (κ2) is 9.68. The van der Waals surface area contributed by atoms with Crippen LogP contribution in [0.2, 0.25) is 0 Å². The number of hydrogen-bond donors (Lipinski definition) is 1. The molecule has 16 heteroatoms. The van der Waals surface area contributed by atoms with Gasteiger partial charge in [0.15, 0.2) is 0 Å². The van der Waals surface area contributed by atoms with Crippen LogP contribution in [0.25, 0.3) is 0 Å². The van der Waals surface area contributed by atoms with Crippen molar-refractivity contribution in [2.75, 3.05) is 47.1 Å². The van der Waals surface area contributed by atoms with E-state index in [2.05, 4.69) is 5.32 Å². The molecule has 1 aromatic rings. The molecule has 0 spiro atoms. The molecule has 0 fully saturated rings. The van der Waals surface area contributed by atoms with Crippen molar-refractivity contribution in [1.29, 1.82) is 0 Å². The minimum absolute atomic E-state index is 0.00897. The van der Waals surface area contributed by atoms with E-state index in [1.807, 2.05) is 0 Å². The Hall–Kier alpha value is -1.98. The van der Waals surface area contributed by atoms with Gasteiger partial charge in [-0.25, -0.2) is 25.3 Å². The van der Waals surface area contributed by atoms with Crippen molar-refractivity contribution in [2.24, 2.45) is 0 Å². The fourth-order valence-corrected chi connectivity index (χ4v) is 3.39. The Morgan fingerprint density at radius 1 is 0.828 bits per heavy atom. The molecule has 0 saturated carbocycles. The fraction of sp³-hybridized carbons (Fsp3) is 0.462. The van der Waals surface area contributed by atoms with E-state index in [0.717, 1.165) is 17.0 Å². The lowest BCUT2D eigenvalue weighted by atomic mass is 10.1. The van der Waals surface area contributed by atoms with Crippen LogP contribution < -0.4 is 15.3 Å². The molecule has 1 aromatic carbocycles. The van der Waals surface area contributed by atoms with Crippen LogP contribution in [-0.2, 0) is 30.4 Å². The minimum Gasteiger partial charge on any atom is -0.748 e. The standard InChI is InChI=1S/C13H20N2O11S3/c16-13(17)10-7-11(14-1-4-27(18,19)20)9-12(8-10)15(2-5-28(21,22)23)3-6-29(24,25)26/h7-9,14H,1-6H2,(H,16,17)(H,18,19,20)(H,21,22,23)(H,24,25,26)/p-4. The molecule has 1 rings (SSSR count). The molecule has 0 amide bonds. The lowest BCUT2D eigenvalue weighted by molar-refractivity contribution is -0.255. The Labute approximate surface area is 167 Å². The number of carboxylic acids is 1. The molecular formula is C13H16N2O11S3-4. The zero-order valence-electron chi connectivity index (χ0n) is 14.6. The maximum absolute atomic E-state index is 11.2. The van der Waals surface area contributed by atoms with Crippen LogP contribution in [0, 0.1) is 0 Å². The largest absolute Gasteiger partial charge is 0.748 e. The summed E-state index contributed by atoms with van der Waals surface area (Å²) in [5.74, 6) is -4.40. The van der Waals surface area contributed by atoms with Gasteiger partial charge in [0.1, 0.15) is 0 Å². The van der Waals surface area contributed by atoms with Gasteiger partial charge in [0.25, 0.3) is 0 Å². The predicted molar refractivity (Wildman–Crippen MR) is 95.2 cm³/mol. The predicted octanol–water partition coefficient (Wildman–Crippen LogP) is -3.10. The van der Waals surface area contributed by atoms with Crippen LogP contribution in [0.5, 0.6) is 0 Å². The van der Waals surface area contributed by atoms with Crippen LogP contribution in [-0.4, -0.2) is 81.8 Å². The Kier molecular flexibility index (Phi) is 8.36. The van der Waals surface area contributed by atoms with Crippen molar-refractivity contribution < 1.29 is 48.8 Å². The Morgan fingerprint density at radius 2 is 1.31 bits per heavy atom. The van der Waals surface area contributed by atoms with Gasteiger partial charge in [-0.05, 0) is 18.2 Å². The Balaban J connectivity index is 3.23. The van der Waals surface area contributed by atoms with Gasteiger partial charge < -0.3 is 33.8 Å². The van der Waals surface area contributed by atoms with Gasteiger partial charge in [-0.2, -0.15) is 0 Å². The Morgan fingerprint density at radius 3 is 1.72 bits per heavy atom. The topological polar surface area (TPSA) is 227 Å². The number of carbonyl (C=O) groups is 1. The van der Waals surface area contributed by atoms with E-state index in [1.165, 1.54) is 6.07 Å². The number of rotatable bonds is 12. The highest BCUT2D eigenvalue weighted by Crippen LogP contribution is 2.23. The lowest BCUT2D eigenvalue weighted by Gasteiger charge is -2.27. The van der Waals surface area contributed by atoms with Gasteiger partial charge in [0.2, 0.25) is 0 Å². The highest BCUT2D eigenvalue weighted by Gasteiger charge is 2.13. The lowest BCUT2D eigenvalue weighted by Crippen LogP contribution is -2.34. The molecule has 1 N–H and O–H groups in total. The normalized spacial score (nSPS) is 12.5. The summed E-state index contributed by atoms with van der Waals surface area (Å²) < 4.78 is 97.2. The third kappa shape index (κ3) is 11.0. The first-order valence-corrected chi connectivity index (χ1v) is 12.4. The second-order valence-electron chi connectivity index (χ2n) is 5.76. The third-order valence-corrected chi connectivity index (χ3v) is 5.49. The fourth-order valence-electron chi connectivity index (χ4n) is 2.15. The molecule has 166 valence electrons. The first-order chi connectivity index (χ1) is 13.1. The summed E-state index contributed by atoms with van der Waals surface area (Å²) in [6.07, 6.45) is 0. The van der Waals surface area contributed by atoms with Crippen molar-refractivity contribution in [3.8, 4) is 0 Å². The number of anilines is 2. The van der Waals surface area contributed by atoms with E-state index in [0.29, 0.717) is 0 Å². The highest BCUT2D eigenvalue weighted by molar-refractivity contribution is 7.86. The molecule has 0 unspecified atom stereocenters. The molecule has 0 aromatic heterocycles. The number of benzene rings is 1. The van der Waals surface area contributed by atoms with Gasteiger partial charge in [-0.15, -0.1) is 0 Å². The van der Waals surface area contributed by atoms with Crippen LogP contribution in [0.3, 0.4) is 0 Å². The molecule has 0 bridgehead atoms. The molecule has 0 aliphatic rings. The first-order valence-electron chi connectivity index (χ1n) is 7.72. The zero-order valence-corrected chi connectivity index (χ0v) is 17.1. The van der Waals surface area contributed by atoms with Crippen molar-refractivity contribution in [3.63, 3.8) is 0 Å². The quantitative estimate of drug-likeness (QED) is 0.298. The third-order valence-electron chi connectivity index (χ3n) is 3.42. The number of aromatic carboxylic acids is 1. The van der Waals surface area contributed by atoms with Gasteiger partial charge in [0, 0.05) is 36.6 Å². The molecule has 0 aliphatic carbocycles. The monoisotopic (exact) mass is 472 g/mol. The minimum atomic E-state index is -4.71. The second-order valence-corrected chi connectivity index (χ2v) is 10.3. The summed E-state index contributed by atoms with van der Waals surface area (Å²) >= 11 is 0. The number of carboxylic acid groups (broad SMARTS) is 1. The number of hydrogen-bond acceptors (Lipinski definition) is 13. The van der Waals surface area contributed by atoms with Gasteiger partial charge in [0.05, 0.1) is 53.6 Å². The number of carbonyl (C=O) groups excluding carboxylic acids is 1. The van der Waals surface area contributed by atoms with Crippen molar-refractivity contribution in [1.82, 2.24) is 0 Å². The maximum Gasteiger partial charge on any atom is 0.0963 e. The summed E-state index contributed by atoms with van der Waals surface area (Å²) in [6.45, 7) is -1.48. The van der Waals surface area contributed by atoms with E-state index in [1.54, 1.807) is 0 Å². The summed E-state index contributed by atoms with van der Waals surface area (Å²) in [6, 6.07) is 3.21. The van der Waals surface area contributed by atoms with Gasteiger partial charge in [-0.3, -0.25) is 0 Å². The van der Waals surface area contributed by atoms with E-state index in [-0.39, 0.29) is 17.9 Å².